The molecule has 0 aliphatic heterocycles. The quantitative estimate of drug-likeness (QED) is 0.379. The second kappa shape index (κ2) is 10.9. The normalized spacial score (nSPS) is 12.2. The SMILES string of the molecule is COc1cccc(N(C(=O)Cn2nnc3ccccc32)[C@@H](C(=O)NC(C)(C)C)c2ccc(N(C)C)cc2)c1. The van der Waals surface area contributed by atoms with Gasteiger partial charge in [-0.05, 0) is 62.7 Å². The second-order valence-electron chi connectivity index (χ2n) is 10.3. The number of rotatable bonds is 8. The van der Waals surface area contributed by atoms with Crippen molar-refractivity contribution in [1.29, 1.82) is 0 Å². The van der Waals surface area contributed by atoms with Crippen molar-refractivity contribution in [3.8, 4) is 5.75 Å². The van der Waals surface area contributed by atoms with Crippen molar-refractivity contribution < 1.29 is 14.3 Å². The van der Waals surface area contributed by atoms with E-state index in [1.165, 1.54) is 4.90 Å². The lowest BCUT2D eigenvalue weighted by atomic mass is 10.00. The summed E-state index contributed by atoms with van der Waals surface area (Å²) in [6.07, 6.45) is 0. The van der Waals surface area contributed by atoms with Gasteiger partial charge in [0.25, 0.3) is 0 Å². The van der Waals surface area contributed by atoms with E-state index in [1.54, 1.807) is 36.1 Å². The highest BCUT2D eigenvalue weighted by atomic mass is 16.5. The average molecular weight is 515 g/mol. The van der Waals surface area contributed by atoms with Gasteiger partial charge in [-0.15, -0.1) is 5.10 Å². The predicted octanol–water partition coefficient (Wildman–Crippen LogP) is 4.20. The molecule has 0 bridgehead atoms. The van der Waals surface area contributed by atoms with Gasteiger partial charge in [-0.25, -0.2) is 4.68 Å². The monoisotopic (exact) mass is 514 g/mol. The Morgan fingerprint density at radius 2 is 1.68 bits per heavy atom. The van der Waals surface area contributed by atoms with Crippen LogP contribution in [0.15, 0.2) is 72.8 Å². The van der Waals surface area contributed by atoms with Crippen LogP contribution in [0.1, 0.15) is 32.4 Å². The van der Waals surface area contributed by atoms with E-state index in [4.69, 9.17) is 4.74 Å². The van der Waals surface area contributed by atoms with Crippen LogP contribution < -0.4 is 19.9 Å². The molecule has 1 heterocycles. The Morgan fingerprint density at radius 3 is 2.34 bits per heavy atom. The third-order valence-electron chi connectivity index (χ3n) is 6.04. The standard InChI is InChI=1S/C29H34N6O3/c1-29(2,3)30-28(37)27(20-14-16-21(17-15-20)33(4)5)35(22-10-9-11-23(18-22)38-6)26(36)19-34-25-13-8-7-12-24(25)31-32-34/h7-18,27H,19H2,1-6H3,(H,30,37)/t27-/m1/s1. The minimum Gasteiger partial charge on any atom is -0.497 e. The fraction of sp³-hybridized carbons (Fsp3) is 0.310. The van der Waals surface area contributed by atoms with Gasteiger partial charge in [0, 0.05) is 37.1 Å². The Labute approximate surface area is 223 Å². The number of methoxy groups -OCH3 is 1. The molecule has 1 N–H and O–H groups in total. The number of benzene rings is 3. The number of fused-ring (bicyclic) bond motifs is 1. The summed E-state index contributed by atoms with van der Waals surface area (Å²) in [6, 6.07) is 21.3. The number of carbonyl (C=O) groups is 2. The molecule has 2 amide bonds. The zero-order valence-corrected chi connectivity index (χ0v) is 22.7. The zero-order valence-electron chi connectivity index (χ0n) is 22.7. The van der Waals surface area contributed by atoms with Gasteiger partial charge in [-0.3, -0.25) is 14.5 Å². The van der Waals surface area contributed by atoms with Crippen molar-refractivity contribution in [3.05, 3.63) is 78.4 Å². The lowest BCUT2D eigenvalue weighted by Crippen LogP contribution is -2.50. The Hall–Kier alpha value is -4.40. The summed E-state index contributed by atoms with van der Waals surface area (Å²) < 4.78 is 7.00. The van der Waals surface area contributed by atoms with Gasteiger partial charge in [0.05, 0.1) is 12.6 Å². The minimum absolute atomic E-state index is 0.104. The van der Waals surface area contributed by atoms with Gasteiger partial charge < -0.3 is 15.0 Å². The van der Waals surface area contributed by atoms with Crippen LogP contribution >= 0.6 is 0 Å². The highest BCUT2D eigenvalue weighted by Gasteiger charge is 2.35. The molecule has 4 aromatic rings. The number of amides is 2. The minimum atomic E-state index is -0.945. The van der Waals surface area contributed by atoms with Gasteiger partial charge in [0.15, 0.2) is 0 Å². The van der Waals surface area contributed by atoms with Gasteiger partial charge >= 0.3 is 0 Å². The summed E-state index contributed by atoms with van der Waals surface area (Å²) in [7, 11) is 5.47. The number of carbonyl (C=O) groups excluding carboxylic acids is 2. The summed E-state index contributed by atoms with van der Waals surface area (Å²) in [4.78, 5) is 31.5. The fourth-order valence-corrected chi connectivity index (χ4v) is 4.25. The third-order valence-corrected chi connectivity index (χ3v) is 6.04. The molecule has 1 aromatic heterocycles. The number of anilines is 2. The molecule has 0 aliphatic carbocycles. The topological polar surface area (TPSA) is 92.6 Å². The average Bonchev–Trinajstić information content (AvgIpc) is 3.28. The van der Waals surface area contributed by atoms with Crippen LogP contribution in [0.2, 0.25) is 0 Å². The third kappa shape index (κ3) is 5.94. The Balaban J connectivity index is 1.84. The van der Waals surface area contributed by atoms with Crippen LogP contribution in [0.3, 0.4) is 0 Å². The molecule has 3 aromatic carbocycles. The maximum absolute atomic E-state index is 14.1. The summed E-state index contributed by atoms with van der Waals surface area (Å²) >= 11 is 0. The van der Waals surface area contributed by atoms with Crippen LogP contribution in [0, 0.1) is 0 Å². The van der Waals surface area contributed by atoms with E-state index in [9.17, 15) is 9.59 Å². The summed E-state index contributed by atoms with van der Waals surface area (Å²) in [6.45, 7) is 5.63. The zero-order chi connectivity index (χ0) is 27.4. The molecule has 9 heteroatoms. The number of hydrogen-bond acceptors (Lipinski definition) is 6. The molecule has 38 heavy (non-hydrogen) atoms. The van der Waals surface area contributed by atoms with Crippen LogP contribution in [0.5, 0.6) is 5.75 Å². The first-order valence-corrected chi connectivity index (χ1v) is 12.4. The summed E-state index contributed by atoms with van der Waals surface area (Å²) in [5.74, 6) is -0.0428. The lowest BCUT2D eigenvalue weighted by molar-refractivity contribution is -0.128. The van der Waals surface area contributed by atoms with E-state index in [2.05, 4.69) is 15.6 Å². The van der Waals surface area contributed by atoms with E-state index in [1.807, 2.05) is 88.3 Å². The first kappa shape index (κ1) is 26.7. The number of nitrogens with zero attached hydrogens (tertiary/aromatic N) is 5. The van der Waals surface area contributed by atoms with Crippen LogP contribution in [0.25, 0.3) is 11.0 Å². The number of para-hydroxylation sites is 1. The molecular weight excluding hydrogens is 480 g/mol. The molecule has 0 saturated carbocycles. The number of ether oxygens (including phenoxy) is 1. The molecule has 0 radical (unpaired) electrons. The number of nitrogens with one attached hydrogen (secondary N) is 1. The fourth-order valence-electron chi connectivity index (χ4n) is 4.25. The van der Waals surface area contributed by atoms with Crippen LogP contribution in [0.4, 0.5) is 11.4 Å². The van der Waals surface area contributed by atoms with Crippen molar-refractivity contribution in [1.82, 2.24) is 20.3 Å². The molecule has 0 spiro atoms. The van der Waals surface area contributed by atoms with E-state index in [-0.39, 0.29) is 18.4 Å². The van der Waals surface area contributed by atoms with E-state index < -0.39 is 11.6 Å². The molecular formula is C29H34N6O3. The lowest BCUT2D eigenvalue weighted by Gasteiger charge is -2.34. The van der Waals surface area contributed by atoms with Crippen molar-refractivity contribution in [2.75, 3.05) is 31.0 Å². The van der Waals surface area contributed by atoms with Gasteiger partial charge in [-0.1, -0.05) is 35.5 Å². The highest BCUT2D eigenvalue weighted by Crippen LogP contribution is 2.32. The van der Waals surface area contributed by atoms with Crippen molar-refractivity contribution in [2.24, 2.45) is 0 Å². The van der Waals surface area contributed by atoms with Crippen molar-refractivity contribution >= 4 is 34.2 Å². The van der Waals surface area contributed by atoms with Crippen molar-refractivity contribution in [3.63, 3.8) is 0 Å². The van der Waals surface area contributed by atoms with Gasteiger partial charge in [0.1, 0.15) is 23.9 Å². The van der Waals surface area contributed by atoms with Crippen molar-refractivity contribution in [2.45, 2.75) is 38.9 Å². The second-order valence-corrected chi connectivity index (χ2v) is 10.3. The number of aromatic nitrogens is 3. The number of hydrogen-bond donors (Lipinski definition) is 1. The Kier molecular flexibility index (Phi) is 7.66. The van der Waals surface area contributed by atoms with E-state index in [0.717, 1.165) is 11.2 Å². The van der Waals surface area contributed by atoms with E-state index >= 15 is 0 Å². The molecule has 9 nitrogen and oxygen atoms in total. The molecule has 198 valence electrons. The molecule has 1 atom stereocenters. The molecule has 0 saturated heterocycles. The maximum atomic E-state index is 14.1. The molecule has 0 aliphatic rings. The maximum Gasteiger partial charge on any atom is 0.249 e. The Bertz CT molecular complexity index is 1420. The molecule has 0 unspecified atom stereocenters. The van der Waals surface area contributed by atoms with Crippen LogP contribution in [-0.2, 0) is 16.1 Å². The van der Waals surface area contributed by atoms with Gasteiger partial charge in [-0.2, -0.15) is 0 Å². The highest BCUT2D eigenvalue weighted by molar-refractivity contribution is 6.02. The summed E-state index contributed by atoms with van der Waals surface area (Å²) in [5.41, 5.74) is 3.11. The van der Waals surface area contributed by atoms with Gasteiger partial charge in [0.2, 0.25) is 11.8 Å². The molecule has 4 rings (SSSR count). The smallest absolute Gasteiger partial charge is 0.249 e. The van der Waals surface area contributed by atoms with Crippen LogP contribution in [-0.4, -0.2) is 53.6 Å². The predicted molar refractivity (Wildman–Crippen MR) is 149 cm³/mol. The first-order valence-electron chi connectivity index (χ1n) is 12.4. The first-order chi connectivity index (χ1) is 18.1. The Morgan fingerprint density at radius 1 is 0.974 bits per heavy atom. The van der Waals surface area contributed by atoms with E-state index in [0.29, 0.717) is 22.5 Å². The summed E-state index contributed by atoms with van der Waals surface area (Å²) in [5, 5.41) is 11.5. The molecule has 0 fully saturated rings. The largest absolute Gasteiger partial charge is 0.497 e.